The molecule has 1 amide bonds. The zero-order valence-corrected chi connectivity index (χ0v) is 15.3. The fourth-order valence-corrected chi connectivity index (χ4v) is 3.53. The molecule has 1 aliphatic carbocycles. The third-order valence-electron chi connectivity index (χ3n) is 5.35. The quantitative estimate of drug-likeness (QED) is 0.849. The predicted octanol–water partition coefficient (Wildman–Crippen LogP) is 2.95. The summed E-state index contributed by atoms with van der Waals surface area (Å²) < 4.78 is 1.95. The molecule has 2 N–H and O–H groups in total. The number of aliphatic hydroxyl groups excluding tert-OH is 1. The molecule has 1 unspecified atom stereocenters. The molecule has 0 spiro atoms. The number of rotatable bonds is 6. The standard InChI is InChI=1S/C20H27N3O2/c1-4-20(3,12-13-24)21-19(25)18-15-9-7-11-17(15)23(22-18)16-10-6-5-8-14(16)2/h5-6,8,10,24H,4,7,9,11-13H2,1-3H3,(H,21,25). The fourth-order valence-electron chi connectivity index (χ4n) is 3.53. The smallest absolute Gasteiger partial charge is 0.272 e. The van der Waals surface area contributed by atoms with Crippen molar-refractivity contribution in [2.24, 2.45) is 0 Å². The summed E-state index contributed by atoms with van der Waals surface area (Å²) in [6.07, 6.45) is 4.20. The Balaban J connectivity index is 1.97. The number of nitrogens with zero attached hydrogens (tertiary/aromatic N) is 2. The molecular formula is C20H27N3O2. The van der Waals surface area contributed by atoms with Crippen molar-refractivity contribution in [1.82, 2.24) is 15.1 Å². The van der Waals surface area contributed by atoms with Crippen molar-refractivity contribution in [3.05, 3.63) is 46.8 Å². The fraction of sp³-hybridized carbons (Fsp3) is 0.500. The van der Waals surface area contributed by atoms with E-state index in [0.717, 1.165) is 48.2 Å². The van der Waals surface area contributed by atoms with Gasteiger partial charge in [-0.1, -0.05) is 25.1 Å². The van der Waals surface area contributed by atoms with Gasteiger partial charge in [0, 0.05) is 23.4 Å². The Hall–Kier alpha value is -2.14. The molecule has 1 aliphatic rings. The van der Waals surface area contributed by atoms with Crippen molar-refractivity contribution >= 4 is 5.91 Å². The number of hydrogen-bond donors (Lipinski definition) is 2. The summed E-state index contributed by atoms with van der Waals surface area (Å²) in [4.78, 5) is 12.9. The summed E-state index contributed by atoms with van der Waals surface area (Å²) in [7, 11) is 0. The lowest BCUT2D eigenvalue weighted by Crippen LogP contribution is -2.46. The molecule has 0 radical (unpaired) electrons. The molecule has 134 valence electrons. The molecule has 1 heterocycles. The number of amides is 1. The Bertz CT molecular complexity index is 781. The second-order valence-corrected chi connectivity index (χ2v) is 7.17. The van der Waals surface area contributed by atoms with Gasteiger partial charge in [0.05, 0.1) is 5.69 Å². The maximum Gasteiger partial charge on any atom is 0.272 e. The van der Waals surface area contributed by atoms with Gasteiger partial charge < -0.3 is 10.4 Å². The average molecular weight is 341 g/mol. The van der Waals surface area contributed by atoms with Gasteiger partial charge in [0.2, 0.25) is 0 Å². The van der Waals surface area contributed by atoms with E-state index in [9.17, 15) is 9.90 Å². The van der Waals surface area contributed by atoms with E-state index in [2.05, 4.69) is 23.4 Å². The molecule has 1 atom stereocenters. The number of nitrogens with one attached hydrogen (secondary N) is 1. The SMILES string of the molecule is CCC(C)(CCO)NC(=O)c1nn(-c2ccccc2C)c2c1CCC2. The molecule has 3 rings (SSSR count). The maximum atomic E-state index is 12.9. The van der Waals surface area contributed by atoms with Crippen molar-refractivity contribution < 1.29 is 9.90 Å². The van der Waals surface area contributed by atoms with E-state index in [1.165, 1.54) is 0 Å². The van der Waals surface area contributed by atoms with Crippen molar-refractivity contribution in [2.75, 3.05) is 6.61 Å². The van der Waals surface area contributed by atoms with Crippen molar-refractivity contribution in [1.29, 1.82) is 0 Å². The first-order chi connectivity index (χ1) is 12.0. The van der Waals surface area contributed by atoms with Gasteiger partial charge in [-0.15, -0.1) is 0 Å². The zero-order valence-electron chi connectivity index (χ0n) is 15.3. The lowest BCUT2D eigenvalue weighted by molar-refractivity contribution is 0.0879. The molecule has 0 saturated carbocycles. The first-order valence-corrected chi connectivity index (χ1v) is 9.09. The molecule has 1 aromatic heterocycles. The lowest BCUT2D eigenvalue weighted by Gasteiger charge is -2.28. The summed E-state index contributed by atoms with van der Waals surface area (Å²) in [5.74, 6) is -0.136. The third kappa shape index (κ3) is 3.33. The third-order valence-corrected chi connectivity index (χ3v) is 5.35. The number of aromatic nitrogens is 2. The topological polar surface area (TPSA) is 67.2 Å². The Morgan fingerprint density at radius 1 is 1.36 bits per heavy atom. The zero-order chi connectivity index (χ0) is 18.0. The Morgan fingerprint density at radius 2 is 2.12 bits per heavy atom. The van der Waals surface area contributed by atoms with Crippen LogP contribution in [0.5, 0.6) is 0 Å². The number of aliphatic hydroxyl groups is 1. The van der Waals surface area contributed by atoms with E-state index < -0.39 is 5.54 Å². The average Bonchev–Trinajstić information content (AvgIpc) is 3.18. The van der Waals surface area contributed by atoms with E-state index in [1.54, 1.807) is 0 Å². The summed E-state index contributed by atoms with van der Waals surface area (Å²) in [6.45, 7) is 6.11. The van der Waals surface area contributed by atoms with E-state index in [-0.39, 0.29) is 12.5 Å². The number of benzene rings is 1. The van der Waals surface area contributed by atoms with Crippen molar-refractivity contribution in [3.8, 4) is 5.69 Å². The van der Waals surface area contributed by atoms with E-state index >= 15 is 0 Å². The highest BCUT2D eigenvalue weighted by Crippen LogP contribution is 2.29. The van der Waals surface area contributed by atoms with E-state index in [4.69, 9.17) is 0 Å². The molecular weight excluding hydrogens is 314 g/mol. The van der Waals surface area contributed by atoms with Crippen LogP contribution in [0.1, 0.15) is 60.4 Å². The highest BCUT2D eigenvalue weighted by atomic mass is 16.3. The van der Waals surface area contributed by atoms with Gasteiger partial charge in [0.25, 0.3) is 5.91 Å². The summed E-state index contributed by atoms with van der Waals surface area (Å²) in [5, 5.41) is 17.1. The number of para-hydroxylation sites is 1. The van der Waals surface area contributed by atoms with Crippen LogP contribution in [0.3, 0.4) is 0 Å². The van der Waals surface area contributed by atoms with Crippen molar-refractivity contribution in [3.63, 3.8) is 0 Å². The number of hydrogen-bond acceptors (Lipinski definition) is 3. The summed E-state index contributed by atoms with van der Waals surface area (Å²) >= 11 is 0. The van der Waals surface area contributed by atoms with Gasteiger partial charge in [0.15, 0.2) is 5.69 Å². The first-order valence-electron chi connectivity index (χ1n) is 9.09. The Kier molecular flexibility index (Phi) is 4.95. The Labute approximate surface area is 149 Å². The van der Waals surface area contributed by atoms with Crippen LogP contribution in [0.15, 0.2) is 24.3 Å². The van der Waals surface area contributed by atoms with E-state index in [0.29, 0.717) is 12.1 Å². The van der Waals surface area contributed by atoms with Gasteiger partial charge in [-0.2, -0.15) is 5.10 Å². The number of aryl methyl sites for hydroxylation is 1. The first kappa shape index (κ1) is 17.7. The minimum Gasteiger partial charge on any atom is -0.396 e. The molecule has 0 saturated heterocycles. The molecule has 1 aromatic carbocycles. The van der Waals surface area contributed by atoms with Gasteiger partial charge in [0.1, 0.15) is 0 Å². The molecule has 0 aliphatic heterocycles. The van der Waals surface area contributed by atoms with Crippen LogP contribution in [0, 0.1) is 6.92 Å². The number of carbonyl (C=O) groups excluding carboxylic acids is 1. The van der Waals surface area contributed by atoms with Crippen LogP contribution in [0.4, 0.5) is 0 Å². The van der Waals surface area contributed by atoms with Gasteiger partial charge in [-0.3, -0.25) is 4.79 Å². The molecule has 25 heavy (non-hydrogen) atoms. The number of fused-ring (bicyclic) bond motifs is 1. The minimum absolute atomic E-state index is 0.0559. The monoisotopic (exact) mass is 341 g/mol. The second-order valence-electron chi connectivity index (χ2n) is 7.17. The molecule has 5 heteroatoms. The predicted molar refractivity (Wildman–Crippen MR) is 98.2 cm³/mol. The molecule has 2 aromatic rings. The van der Waals surface area contributed by atoms with Gasteiger partial charge >= 0.3 is 0 Å². The normalized spacial score (nSPS) is 15.7. The minimum atomic E-state index is -0.413. The number of carbonyl (C=O) groups is 1. The lowest BCUT2D eigenvalue weighted by atomic mass is 9.94. The van der Waals surface area contributed by atoms with Gasteiger partial charge in [-0.25, -0.2) is 4.68 Å². The van der Waals surface area contributed by atoms with Crippen LogP contribution in [0.2, 0.25) is 0 Å². The highest BCUT2D eigenvalue weighted by Gasteiger charge is 2.31. The van der Waals surface area contributed by atoms with Crippen LogP contribution < -0.4 is 5.32 Å². The molecule has 0 bridgehead atoms. The summed E-state index contributed by atoms with van der Waals surface area (Å²) in [6, 6.07) is 8.12. The highest BCUT2D eigenvalue weighted by molar-refractivity contribution is 5.94. The molecule has 5 nitrogen and oxygen atoms in total. The van der Waals surface area contributed by atoms with E-state index in [1.807, 2.05) is 36.7 Å². The maximum absolute atomic E-state index is 12.9. The van der Waals surface area contributed by atoms with Crippen LogP contribution in [0.25, 0.3) is 5.69 Å². The second kappa shape index (κ2) is 7.00. The Morgan fingerprint density at radius 3 is 2.80 bits per heavy atom. The summed E-state index contributed by atoms with van der Waals surface area (Å²) in [5.41, 5.74) is 4.53. The molecule has 0 fully saturated rings. The van der Waals surface area contributed by atoms with Crippen LogP contribution in [-0.2, 0) is 12.8 Å². The van der Waals surface area contributed by atoms with Gasteiger partial charge in [-0.05, 0) is 57.6 Å². The van der Waals surface area contributed by atoms with Crippen molar-refractivity contribution in [2.45, 2.75) is 58.4 Å². The largest absolute Gasteiger partial charge is 0.396 e. The van der Waals surface area contributed by atoms with Crippen LogP contribution in [-0.4, -0.2) is 32.9 Å². The van der Waals surface area contributed by atoms with Crippen LogP contribution >= 0.6 is 0 Å².